The number of halogens is 2. The van der Waals surface area contributed by atoms with E-state index < -0.39 is 6.61 Å². The summed E-state index contributed by atoms with van der Waals surface area (Å²) in [4.78, 5) is 4.54. The van der Waals surface area contributed by atoms with Gasteiger partial charge in [0.2, 0.25) is 0 Å². The summed E-state index contributed by atoms with van der Waals surface area (Å²) in [6.45, 7) is -2.80. The third-order valence-corrected chi connectivity index (χ3v) is 3.17. The topological polar surface area (TPSA) is 22.1 Å². The van der Waals surface area contributed by atoms with Gasteiger partial charge in [-0.25, -0.2) is 4.98 Å². The van der Waals surface area contributed by atoms with Crippen LogP contribution in [0, 0.1) is 0 Å². The van der Waals surface area contributed by atoms with Crippen LogP contribution in [0.4, 0.5) is 8.78 Å². The van der Waals surface area contributed by atoms with E-state index in [1.54, 1.807) is 12.1 Å². The Morgan fingerprint density at radius 2 is 1.64 bits per heavy atom. The van der Waals surface area contributed by atoms with Gasteiger partial charge in [-0.05, 0) is 35.9 Å². The number of para-hydroxylation sites is 1. The molecule has 0 aliphatic rings. The predicted octanol–water partition coefficient (Wildman–Crippen LogP) is 5.01. The highest BCUT2D eigenvalue weighted by atomic mass is 19.3. The number of hydrogen-bond donors (Lipinski definition) is 0. The van der Waals surface area contributed by atoms with Gasteiger partial charge < -0.3 is 4.74 Å². The number of nitrogens with zero attached hydrogens (tertiary/aromatic N) is 1. The second-order valence-corrected chi connectivity index (χ2v) is 4.71. The average molecular weight is 297 g/mol. The first kappa shape index (κ1) is 14.2. The van der Waals surface area contributed by atoms with Crippen molar-refractivity contribution in [1.29, 1.82) is 0 Å². The number of benzene rings is 2. The van der Waals surface area contributed by atoms with Crippen LogP contribution < -0.4 is 4.74 Å². The summed E-state index contributed by atoms with van der Waals surface area (Å²) < 4.78 is 28.5. The SMILES string of the molecule is FC(F)Oc1ccc(/C=C/c2ccc3ccccc3n2)cc1. The summed E-state index contributed by atoms with van der Waals surface area (Å²) in [5.74, 6) is 0.149. The molecule has 0 aliphatic carbocycles. The zero-order chi connectivity index (χ0) is 15.4. The third-order valence-electron chi connectivity index (χ3n) is 3.17. The minimum Gasteiger partial charge on any atom is -0.435 e. The molecule has 0 radical (unpaired) electrons. The largest absolute Gasteiger partial charge is 0.435 e. The number of aromatic nitrogens is 1. The van der Waals surface area contributed by atoms with Crippen LogP contribution in [0.3, 0.4) is 0 Å². The van der Waals surface area contributed by atoms with Gasteiger partial charge in [0.1, 0.15) is 5.75 Å². The second-order valence-electron chi connectivity index (χ2n) is 4.71. The van der Waals surface area contributed by atoms with Crippen LogP contribution in [0.1, 0.15) is 11.3 Å². The first-order valence-corrected chi connectivity index (χ1v) is 6.79. The molecular weight excluding hydrogens is 284 g/mol. The third kappa shape index (κ3) is 3.47. The fourth-order valence-corrected chi connectivity index (χ4v) is 2.12. The second kappa shape index (κ2) is 6.35. The number of hydrogen-bond acceptors (Lipinski definition) is 2. The fourth-order valence-electron chi connectivity index (χ4n) is 2.12. The standard InChI is InChI=1S/C18H13F2NO/c19-18(20)22-16-11-6-13(7-12-16)5-9-15-10-8-14-3-1-2-4-17(14)21-15/h1-12,18H/b9-5+. The lowest BCUT2D eigenvalue weighted by atomic mass is 10.1. The van der Waals surface area contributed by atoms with E-state index in [1.807, 2.05) is 48.6 Å². The molecule has 0 atom stereocenters. The van der Waals surface area contributed by atoms with Crippen LogP contribution in [-0.4, -0.2) is 11.6 Å². The highest BCUT2D eigenvalue weighted by Crippen LogP contribution is 2.17. The highest BCUT2D eigenvalue weighted by molar-refractivity contribution is 5.80. The van der Waals surface area contributed by atoms with Crippen molar-refractivity contribution in [3.8, 4) is 5.75 Å². The van der Waals surface area contributed by atoms with E-state index in [9.17, 15) is 8.78 Å². The molecule has 2 nitrogen and oxygen atoms in total. The molecule has 0 unspecified atom stereocenters. The van der Waals surface area contributed by atoms with Crippen molar-refractivity contribution in [3.63, 3.8) is 0 Å². The van der Waals surface area contributed by atoms with Gasteiger partial charge in [0.15, 0.2) is 0 Å². The van der Waals surface area contributed by atoms with Crippen LogP contribution in [0.25, 0.3) is 23.1 Å². The number of fused-ring (bicyclic) bond motifs is 1. The summed E-state index contributed by atoms with van der Waals surface area (Å²) in [5, 5.41) is 1.09. The van der Waals surface area contributed by atoms with Gasteiger partial charge in [-0.3, -0.25) is 0 Å². The minimum absolute atomic E-state index is 0.149. The molecule has 0 aliphatic heterocycles. The molecule has 1 aromatic heterocycles. The van der Waals surface area contributed by atoms with Gasteiger partial charge in [0.25, 0.3) is 0 Å². The molecule has 0 saturated carbocycles. The van der Waals surface area contributed by atoms with Crippen molar-refractivity contribution < 1.29 is 13.5 Å². The maximum Gasteiger partial charge on any atom is 0.387 e. The Morgan fingerprint density at radius 1 is 0.864 bits per heavy atom. The summed E-state index contributed by atoms with van der Waals surface area (Å²) >= 11 is 0. The van der Waals surface area contributed by atoms with E-state index in [0.717, 1.165) is 22.2 Å². The van der Waals surface area contributed by atoms with Crippen molar-refractivity contribution >= 4 is 23.1 Å². The Morgan fingerprint density at radius 3 is 2.41 bits per heavy atom. The lowest BCUT2D eigenvalue weighted by Crippen LogP contribution is -2.01. The smallest absolute Gasteiger partial charge is 0.387 e. The Labute approximate surface area is 126 Å². The normalized spacial score (nSPS) is 11.4. The molecule has 110 valence electrons. The van der Waals surface area contributed by atoms with Crippen LogP contribution >= 0.6 is 0 Å². The molecule has 0 fully saturated rings. The quantitative estimate of drug-likeness (QED) is 0.675. The molecule has 3 rings (SSSR count). The maximum absolute atomic E-state index is 12.1. The number of rotatable bonds is 4. The summed E-state index contributed by atoms with van der Waals surface area (Å²) in [7, 11) is 0. The van der Waals surface area contributed by atoms with E-state index in [-0.39, 0.29) is 5.75 Å². The number of alkyl halides is 2. The molecule has 0 bridgehead atoms. The van der Waals surface area contributed by atoms with Crippen molar-refractivity contribution in [1.82, 2.24) is 4.98 Å². The molecule has 0 spiro atoms. The molecule has 22 heavy (non-hydrogen) atoms. The molecule has 2 aromatic carbocycles. The summed E-state index contributed by atoms with van der Waals surface area (Å²) in [6.07, 6.45) is 3.76. The van der Waals surface area contributed by atoms with E-state index in [0.29, 0.717) is 0 Å². The Bertz CT molecular complexity index is 798. The lowest BCUT2D eigenvalue weighted by Gasteiger charge is -2.03. The van der Waals surface area contributed by atoms with Crippen molar-refractivity contribution in [2.75, 3.05) is 0 Å². The molecule has 1 heterocycles. The van der Waals surface area contributed by atoms with Crippen molar-refractivity contribution in [3.05, 3.63) is 71.9 Å². The van der Waals surface area contributed by atoms with Gasteiger partial charge in [-0.1, -0.05) is 42.5 Å². The highest BCUT2D eigenvalue weighted by Gasteiger charge is 2.02. The van der Waals surface area contributed by atoms with E-state index in [1.165, 1.54) is 12.1 Å². The molecule has 3 aromatic rings. The van der Waals surface area contributed by atoms with Crippen LogP contribution in [0.15, 0.2) is 60.7 Å². The van der Waals surface area contributed by atoms with E-state index >= 15 is 0 Å². The first-order chi connectivity index (χ1) is 10.7. The predicted molar refractivity (Wildman–Crippen MR) is 83.7 cm³/mol. The van der Waals surface area contributed by atoms with Gasteiger partial charge >= 0.3 is 6.61 Å². The van der Waals surface area contributed by atoms with Gasteiger partial charge in [0, 0.05) is 5.39 Å². The lowest BCUT2D eigenvalue weighted by molar-refractivity contribution is -0.0498. The summed E-state index contributed by atoms with van der Waals surface area (Å²) in [5.41, 5.74) is 2.66. The van der Waals surface area contributed by atoms with Crippen LogP contribution in [0.5, 0.6) is 5.75 Å². The minimum atomic E-state index is -2.80. The van der Waals surface area contributed by atoms with Crippen molar-refractivity contribution in [2.24, 2.45) is 0 Å². The Balaban J connectivity index is 1.77. The zero-order valence-corrected chi connectivity index (χ0v) is 11.6. The monoisotopic (exact) mass is 297 g/mol. The Hall–Kier alpha value is -2.75. The molecule has 4 heteroatoms. The molecule has 0 amide bonds. The average Bonchev–Trinajstić information content (AvgIpc) is 2.53. The number of pyridine rings is 1. The fraction of sp³-hybridized carbons (Fsp3) is 0.0556. The maximum atomic E-state index is 12.1. The summed E-state index contributed by atoms with van der Waals surface area (Å²) in [6, 6.07) is 18.3. The number of ether oxygens (including phenoxy) is 1. The molecular formula is C18H13F2NO. The van der Waals surface area contributed by atoms with Gasteiger partial charge in [0.05, 0.1) is 11.2 Å². The Kier molecular flexibility index (Phi) is 4.10. The van der Waals surface area contributed by atoms with Crippen LogP contribution in [0.2, 0.25) is 0 Å². The zero-order valence-electron chi connectivity index (χ0n) is 11.6. The molecule has 0 saturated heterocycles. The first-order valence-electron chi connectivity index (χ1n) is 6.79. The van der Waals surface area contributed by atoms with Crippen LogP contribution in [-0.2, 0) is 0 Å². The molecule has 0 N–H and O–H groups in total. The van der Waals surface area contributed by atoms with Crippen molar-refractivity contribution in [2.45, 2.75) is 6.61 Å². The van der Waals surface area contributed by atoms with E-state index in [4.69, 9.17) is 0 Å². The van der Waals surface area contributed by atoms with E-state index in [2.05, 4.69) is 9.72 Å². The van der Waals surface area contributed by atoms with Gasteiger partial charge in [-0.15, -0.1) is 0 Å². The van der Waals surface area contributed by atoms with Gasteiger partial charge in [-0.2, -0.15) is 8.78 Å².